The lowest BCUT2D eigenvalue weighted by Gasteiger charge is -2.39. The molecule has 1 aromatic rings. The Bertz CT molecular complexity index is 754. The molecule has 4 atom stereocenters. The van der Waals surface area contributed by atoms with Crippen molar-refractivity contribution in [1.82, 2.24) is 0 Å². The Labute approximate surface area is 218 Å². The van der Waals surface area contributed by atoms with Gasteiger partial charge < -0.3 is 9.84 Å². The van der Waals surface area contributed by atoms with Gasteiger partial charge in [-0.3, -0.25) is 0 Å². The second-order valence-corrected chi connectivity index (χ2v) is 13.1. The first-order valence-corrected chi connectivity index (χ1v) is 15.1. The number of hydrogen-bond donors (Lipinski definition) is 1. The van der Waals surface area contributed by atoms with Crippen molar-refractivity contribution in [1.29, 1.82) is 0 Å². The molecule has 0 spiro atoms. The Kier molecular flexibility index (Phi) is 12.0. The van der Waals surface area contributed by atoms with Crippen LogP contribution in [0.15, 0.2) is 12.1 Å². The summed E-state index contributed by atoms with van der Waals surface area (Å²) in [5.74, 6) is 3.67. The number of aromatic hydroxyl groups is 1. The Morgan fingerprint density at radius 1 is 1.06 bits per heavy atom. The number of unbranched alkanes of at least 4 members (excludes halogenated alkanes) is 2. The quantitative estimate of drug-likeness (QED) is 0.235. The highest BCUT2D eigenvalue weighted by Gasteiger charge is 2.35. The van der Waals surface area contributed by atoms with Crippen LogP contribution in [0.3, 0.4) is 0 Å². The van der Waals surface area contributed by atoms with Crippen molar-refractivity contribution < 1.29 is 9.84 Å². The minimum absolute atomic E-state index is 0.124. The van der Waals surface area contributed by atoms with Gasteiger partial charge in [-0.05, 0) is 92.7 Å². The highest BCUT2D eigenvalue weighted by atomic mass is 16.5. The van der Waals surface area contributed by atoms with Gasteiger partial charge in [0.05, 0.1) is 0 Å². The van der Waals surface area contributed by atoms with E-state index in [1.807, 2.05) is 6.07 Å². The van der Waals surface area contributed by atoms with Crippen molar-refractivity contribution in [3.63, 3.8) is 0 Å². The molecule has 0 saturated heterocycles. The van der Waals surface area contributed by atoms with Crippen molar-refractivity contribution >= 4 is 0 Å². The first kappa shape index (κ1) is 30.0. The van der Waals surface area contributed by atoms with E-state index in [0.29, 0.717) is 17.1 Å². The number of aryl methyl sites for hydroxylation is 1. The van der Waals surface area contributed by atoms with Gasteiger partial charge in [-0.25, -0.2) is 0 Å². The zero-order valence-corrected chi connectivity index (χ0v) is 24.6. The predicted octanol–water partition coefficient (Wildman–Crippen LogP) is 10.3. The minimum atomic E-state index is -0.124. The highest BCUT2D eigenvalue weighted by Crippen LogP contribution is 2.43. The molecular weight excluding hydrogens is 428 g/mol. The van der Waals surface area contributed by atoms with Gasteiger partial charge in [0, 0.05) is 5.56 Å². The SMILES string of the molecule is CCCCCc1cc(O)c2c(c1)OC(C)(CC(CC)CCC(C)CC(C)(CC)CCC(C)C)CC2. The Balaban J connectivity index is 1.95. The molecule has 2 heteroatoms. The normalized spacial score (nSPS) is 21.3. The number of ether oxygens (including phenoxy) is 1. The van der Waals surface area contributed by atoms with Crippen LogP contribution in [0.25, 0.3) is 0 Å². The van der Waals surface area contributed by atoms with Crippen LogP contribution in [0.4, 0.5) is 0 Å². The smallest absolute Gasteiger partial charge is 0.127 e. The molecule has 2 nitrogen and oxygen atoms in total. The van der Waals surface area contributed by atoms with Crippen molar-refractivity contribution in [2.75, 3.05) is 0 Å². The molecule has 0 aliphatic carbocycles. The van der Waals surface area contributed by atoms with Gasteiger partial charge >= 0.3 is 0 Å². The van der Waals surface area contributed by atoms with Crippen LogP contribution in [0.1, 0.15) is 144 Å². The minimum Gasteiger partial charge on any atom is -0.508 e. The molecule has 0 bridgehead atoms. The maximum Gasteiger partial charge on any atom is 0.127 e. The second kappa shape index (κ2) is 13.9. The van der Waals surface area contributed by atoms with Gasteiger partial charge in [-0.2, -0.15) is 0 Å². The summed E-state index contributed by atoms with van der Waals surface area (Å²) < 4.78 is 6.68. The van der Waals surface area contributed by atoms with Crippen LogP contribution in [0.5, 0.6) is 11.5 Å². The molecule has 35 heavy (non-hydrogen) atoms. The first-order chi connectivity index (χ1) is 16.5. The third kappa shape index (κ3) is 9.66. The molecule has 1 heterocycles. The lowest BCUT2D eigenvalue weighted by atomic mass is 9.73. The van der Waals surface area contributed by atoms with Crippen molar-refractivity contribution in [3.8, 4) is 11.5 Å². The Morgan fingerprint density at radius 2 is 1.80 bits per heavy atom. The van der Waals surface area contributed by atoms with E-state index < -0.39 is 0 Å². The van der Waals surface area contributed by atoms with E-state index in [1.54, 1.807) is 0 Å². The summed E-state index contributed by atoms with van der Waals surface area (Å²) in [5, 5.41) is 10.6. The molecule has 2 rings (SSSR count). The van der Waals surface area contributed by atoms with E-state index in [4.69, 9.17) is 4.74 Å². The largest absolute Gasteiger partial charge is 0.508 e. The molecule has 1 aliphatic rings. The van der Waals surface area contributed by atoms with Crippen LogP contribution in [0.2, 0.25) is 0 Å². The van der Waals surface area contributed by atoms with Crippen molar-refractivity contribution in [3.05, 3.63) is 23.3 Å². The third-order valence-electron chi connectivity index (χ3n) is 8.96. The summed E-state index contributed by atoms with van der Waals surface area (Å²) in [6.07, 6.45) is 16.9. The van der Waals surface area contributed by atoms with Crippen molar-refractivity contribution in [2.24, 2.45) is 23.2 Å². The number of benzene rings is 1. The summed E-state index contributed by atoms with van der Waals surface area (Å²) in [4.78, 5) is 0. The van der Waals surface area contributed by atoms with Crippen molar-refractivity contribution in [2.45, 2.75) is 151 Å². The lowest BCUT2D eigenvalue weighted by Crippen LogP contribution is -2.38. The Morgan fingerprint density at radius 3 is 2.43 bits per heavy atom. The molecule has 1 aromatic carbocycles. The van der Waals surface area contributed by atoms with E-state index in [-0.39, 0.29) is 5.60 Å². The lowest BCUT2D eigenvalue weighted by molar-refractivity contribution is 0.0352. The Hall–Kier alpha value is -1.18. The fourth-order valence-electron chi connectivity index (χ4n) is 6.19. The van der Waals surface area contributed by atoms with Crippen LogP contribution in [-0.2, 0) is 12.8 Å². The standard InChI is InChI=1S/C33H58O2/c1-9-12-13-14-28-21-30(34)29-18-20-33(8,35-31(29)22-28)24-27(10-2)16-15-26(6)23-32(7,11-3)19-17-25(4)5/h21-22,25-27,34H,9-20,23-24H2,1-8H3. The number of phenolic OH excluding ortho intramolecular Hbond substituents is 1. The van der Waals surface area contributed by atoms with E-state index in [0.717, 1.165) is 48.8 Å². The topological polar surface area (TPSA) is 29.5 Å². The van der Waals surface area contributed by atoms with Crippen LogP contribution in [0, 0.1) is 23.2 Å². The van der Waals surface area contributed by atoms with Gasteiger partial charge in [-0.1, -0.05) is 93.4 Å². The van der Waals surface area contributed by atoms with E-state index >= 15 is 0 Å². The summed E-state index contributed by atoms with van der Waals surface area (Å²) in [5.41, 5.74) is 2.60. The molecule has 0 amide bonds. The average Bonchev–Trinajstić information content (AvgIpc) is 2.80. The molecule has 0 fully saturated rings. The van der Waals surface area contributed by atoms with Gasteiger partial charge in [0.15, 0.2) is 0 Å². The average molecular weight is 487 g/mol. The molecule has 202 valence electrons. The number of fused-ring (bicyclic) bond motifs is 1. The summed E-state index contributed by atoms with van der Waals surface area (Å²) in [6.45, 7) is 19.0. The fourth-order valence-corrected chi connectivity index (χ4v) is 6.19. The van der Waals surface area contributed by atoms with Crippen LogP contribution >= 0.6 is 0 Å². The number of hydrogen-bond acceptors (Lipinski definition) is 2. The maximum atomic E-state index is 10.6. The van der Waals surface area contributed by atoms with Crippen LogP contribution in [-0.4, -0.2) is 10.7 Å². The summed E-state index contributed by atoms with van der Waals surface area (Å²) in [7, 11) is 0. The zero-order chi connectivity index (χ0) is 26.1. The highest BCUT2D eigenvalue weighted by molar-refractivity contribution is 5.49. The molecule has 0 aromatic heterocycles. The second-order valence-electron chi connectivity index (χ2n) is 13.1. The molecule has 0 saturated carbocycles. The van der Waals surface area contributed by atoms with Gasteiger partial charge in [-0.15, -0.1) is 0 Å². The summed E-state index contributed by atoms with van der Waals surface area (Å²) >= 11 is 0. The molecular formula is C33H58O2. The van der Waals surface area contributed by atoms with Gasteiger partial charge in [0.2, 0.25) is 0 Å². The van der Waals surface area contributed by atoms with Gasteiger partial charge in [0.1, 0.15) is 17.1 Å². The monoisotopic (exact) mass is 486 g/mol. The van der Waals surface area contributed by atoms with E-state index in [9.17, 15) is 5.11 Å². The van der Waals surface area contributed by atoms with E-state index in [2.05, 4.69) is 61.5 Å². The summed E-state index contributed by atoms with van der Waals surface area (Å²) in [6, 6.07) is 4.19. The predicted molar refractivity (Wildman–Crippen MR) is 153 cm³/mol. The molecule has 0 radical (unpaired) electrons. The fraction of sp³-hybridized carbons (Fsp3) is 0.818. The van der Waals surface area contributed by atoms with Gasteiger partial charge in [0.25, 0.3) is 0 Å². The first-order valence-electron chi connectivity index (χ1n) is 15.1. The third-order valence-corrected chi connectivity index (χ3v) is 8.96. The van der Waals surface area contributed by atoms with E-state index in [1.165, 1.54) is 69.8 Å². The molecule has 1 aliphatic heterocycles. The van der Waals surface area contributed by atoms with Crippen LogP contribution < -0.4 is 4.74 Å². The maximum absolute atomic E-state index is 10.6. The molecule has 4 unspecified atom stereocenters. The zero-order valence-electron chi connectivity index (χ0n) is 24.6. The number of phenols is 1. The number of rotatable bonds is 16. The molecule has 1 N–H and O–H groups in total.